The Bertz CT molecular complexity index is 414. The van der Waals surface area contributed by atoms with E-state index in [1.54, 1.807) is 0 Å². The second kappa shape index (κ2) is 5.61. The zero-order chi connectivity index (χ0) is 13.0. The highest BCUT2D eigenvalue weighted by atomic mass is 19.4. The molecule has 2 rings (SSSR count). The summed E-state index contributed by atoms with van der Waals surface area (Å²) in [7, 11) is 0. The van der Waals surface area contributed by atoms with Crippen LogP contribution in [0.15, 0.2) is 41.9 Å². The minimum Gasteiger partial charge on any atom is -0.445 e. The van der Waals surface area contributed by atoms with Gasteiger partial charge in [-0.1, -0.05) is 30.3 Å². The van der Waals surface area contributed by atoms with Gasteiger partial charge >= 0.3 is 6.98 Å². The number of hydrogen-bond acceptors (Lipinski definition) is 1. The van der Waals surface area contributed by atoms with Crippen LogP contribution in [0.3, 0.4) is 0 Å². The summed E-state index contributed by atoms with van der Waals surface area (Å²) in [6.07, 6.45) is 1.52. The van der Waals surface area contributed by atoms with Gasteiger partial charge in [0.25, 0.3) is 0 Å². The van der Waals surface area contributed by atoms with Gasteiger partial charge in [-0.25, -0.2) is 0 Å². The highest BCUT2D eigenvalue weighted by Crippen LogP contribution is 2.30. The lowest BCUT2D eigenvalue weighted by molar-refractivity contribution is 0.0475. The van der Waals surface area contributed by atoms with E-state index in [9.17, 15) is 12.9 Å². The number of halogens is 3. The van der Waals surface area contributed by atoms with Crippen molar-refractivity contribution < 1.29 is 17.7 Å². The largest absolute Gasteiger partial charge is 0.502 e. The van der Waals surface area contributed by atoms with Crippen molar-refractivity contribution in [1.29, 1.82) is 0 Å². The van der Waals surface area contributed by atoms with Gasteiger partial charge in [-0.15, -0.1) is 11.5 Å². The van der Waals surface area contributed by atoms with E-state index in [-0.39, 0.29) is 6.10 Å². The Morgan fingerprint density at radius 1 is 1.22 bits per heavy atom. The van der Waals surface area contributed by atoms with Crippen LogP contribution in [-0.2, 0) is 11.3 Å². The van der Waals surface area contributed by atoms with Crippen LogP contribution >= 0.6 is 0 Å². The van der Waals surface area contributed by atoms with Gasteiger partial charge in [-0.3, -0.25) is 0 Å². The van der Waals surface area contributed by atoms with Crippen molar-refractivity contribution >= 4 is 6.98 Å². The van der Waals surface area contributed by atoms with Gasteiger partial charge < -0.3 is 17.7 Å². The van der Waals surface area contributed by atoms with E-state index in [0.29, 0.717) is 37.4 Å². The highest BCUT2D eigenvalue weighted by molar-refractivity contribution is 6.64. The predicted molar refractivity (Wildman–Crippen MR) is 66.0 cm³/mol. The summed E-state index contributed by atoms with van der Waals surface area (Å²) in [5, 5.41) is 0. The third-order valence-electron chi connectivity index (χ3n) is 3.03. The van der Waals surface area contributed by atoms with Crippen LogP contribution in [0.2, 0.25) is 0 Å². The number of rotatable bonds is 4. The molecule has 5 heteroatoms. The quantitative estimate of drug-likeness (QED) is 0.737. The van der Waals surface area contributed by atoms with Crippen LogP contribution in [0, 0.1) is 0 Å². The van der Waals surface area contributed by atoms with E-state index in [2.05, 4.69) is 0 Å². The molecule has 1 aliphatic rings. The molecule has 0 N–H and O–H groups in total. The first-order valence-electron chi connectivity index (χ1n) is 6.09. The van der Waals surface area contributed by atoms with Gasteiger partial charge in [-0.2, -0.15) is 0 Å². The molecule has 0 saturated heterocycles. The molecule has 0 spiro atoms. The maximum Gasteiger partial charge on any atom is 0.502 e. The minimum atomic E-state index is -4.81. The van der Waals surface area contributed by atoms with E-state index in [4.69, 9.17) is 4.74 Å². The zero-order valence-corrected chi connectivity index (χ0v) is 9.99. The molecule has 0 bridgehead atoms. The fourth-order valence-electron chi connectivity index (χ4n) is 2.19. The lowest BCUT2D eigenvalue weighted by Gasteiger charge is -2.12. The molecule has 1 atom stereocenters. The minimum absolute atomic E-state index is 0.0744. The normalized spacial score (nSPS) is 22.6. The molecule has 1 aromatic carbocycles. The molecular weight excluding hydrogens is 240 g/mol. The third-order valence-corrected chi connectivity index (χ3v) is 3.03. The Balaban J connectivity index is 1.82. The number of ether oxygens (including phenoxy) is 1. The molecule has 1 unspecified atom stereocenters. The third kappa shape index (κ3) is 4.22. The van der Waals surface area contributed by atoms with Crippen molar-refractivity contribution in [3.63, 3.8) is 0 Å². The lowest BCUT2D eigenvalue weighted by Crippen LogP contribution is -2.12. The van der Waals surface area contributed by atoms with E-state index in [1.165, 1.54) is 0 Å². The molecule has 0 amide bonds. The Kier molecular flexibility index (Phi) is 4.12. The van der Waals surface area contributed by atoms with Crippen LogP contribution in [0.25, 0.3) is 0 Å². The molecule has 0 aromatic heterocycles. The molecule has 1 nitrogen and oxygen atoms in total. The average Bonchev–Trinajstić information content (AvgIpc) is 2.73. The maximum atomic E-state index is 12.2. The number of benzene rings is 1. The van der Waals surface area contributed by atoms with Crippen LogP contribution in [0.4, 0.5) is 12.9 Å². The van der Waals surface area contributed by atoms with Crippen molar-refractivity contribution in [2.24, 2.45) is 0 Å². The summed E-state index contributed by atoms with van der Waals surface area (Å²) < 4.78 is 42.3. The molecule has 98 valence electrons. The summed E-state index contributed by atoms with van der Waals surface area (Å²) in [5.41, 5.74) is 1.52. The van der Waals surface area contributed by atoms with Crippen molar-refractivity contribution in [3.05, 3.63) is 47.4 Å². The fraction of sp³-hybridized carbons (Fsp3) is 0.385. The SMILES string of the molecule is F[B-](F)(F)/C=C1/CCC(OCc2ccccc2)C1. The Morgan fingerprint density at radius 3 is 2.61 bits per heavy atom. The first kappa shape index (κ1) is 13.2. The molecular formula is C13H15BF3O-. The average molecular weight is 255 g/mol. The van der Waals surface area contributed by atoms with Gasteiger partial charge in [-0.05, 0) is 24.8 Å². The van der Waals surface area contributed by atoms with Crippen LogP contribution in [0.1, 0.15) is 24.8 Å². The molecule has 1 saturated carbocycles. The predicted octanol–water partition coefficient (Wildman–Crippen LogP) is 4.07. The Morgan fingerprint density at radius 2 is 1.94 bits per heavy atom. The first-order chi connectivity index (χ1) is 8.53. The second-order valence-corrected chi connectivity index (χ2v) is 4.61. The van der Waals surface area contributed by atoms with Crippen LogP contribution in [0.5, 0.6) is 0 Å². The van der Waals surface area contributed by atoms with Crippen molar-refractivity contribution in [1.82, 2.24) is 0 Å². The van der Waals surface area contributed by atoms with Crippen LogP contribution in [-0.4, -0.2) is 13.1 Å². The molecule has 0 radical (unpaired) electrons. The monoisotopic (exact) mass is 255 g/mol. The summed E-state index contributed by atoms with van der Waals surface area (Å²) in [6, 6.07) is 9.66. The Labute approximate surface area is 105 Å². The maximum absolute atomic E-state index is 12.2. The van der Waals surface area contributed by atoms with Crippen molar-refractivity contribution in [2.45, 2.75) is 32.0 Å². The van der Waals surface area contributed by atoms with Crippen molar-refractivity contribution in [3.8, 4) is 0 Å². The molecule has 1 aliphatic carbocycles. The molecule has 1 aromatic rings. The van der Waals surface area contributed by atoms with E-state index in [1.807, 2.05) is 30.3 Å². The molecule has 0 heterocycles. The van der Waals surface area contributed by atoms with E-state index in [0.717, 1.165) is 5.56 Å². The molecule has 18 heavy (non-hydrogen) atoms. The topological polar surface area (TPSA) is 9.23 Å². The van der Waals surface area contributed by atoms with Gasteiger partial charge in [0.1, 0.15) is 0 Å². The zero-order valence-electron chi connectivity index (χ0n) is 9.99. The highest BCUT2D eigenvalue weighted by Gasteiger charge is 2.25. The molecule has 1 fully saturated rings. The van der Waals surface area contributed by atoms with Gasteiger partial charge in [0.15, 0.2) is 0 Å². The summed E-state index contributed by atoms with van der Waals surface area (Å²) in [4.78, 5) is 0. The molecule has 0 aliphatic heterocycles. The standard InChI is InChI=1S/C13H15BF3O/c15-14(16,17)9-12-6-7-13(8-12)18-10-11-4-2-1-3-5-11/h1-5,9,13H,6-8,10H2/q-1/b12-9-. The second-order valence-electron chi connectivity index (χ2n) is 4.61. The number of hydrogen-bond donors (Lipinski definition) is 0. The van der Waals surface area contributed by atoms with Gasteiger partial charge in [0, 0.05) is 0 Å². The first-order valence-corrected chi connectivity index (χ1v) is 6.09. The van der Waals surface area contributed by atoms with Gasteiger partial charge in [0.2, 0.25) is 0 Å². The van der Waals surface area contributed by atoms with Crippen LogP contribution < -0.4 is 0 Å². The Hall–Kier alpha value is -1.23. The van der Waals surface area contributed by atoms with E-state index < -0.39 is 6.98 Å². The lowest BCUT2D eigenvalue weighted by atomic mass is 9.88. The van der Waals surface area contributed by atoms with E-state index >= 15 is 0 Å². The summed E-state index contributed by atoms with van der Waals surface area (Å²) in [5.74, 6) is 0.478. The van der Waals surface area contributed by atoms with Gasteiger partial charge in [0.05, 0.1) is 12.7 Å². The van der Waals surface area contributed by atoms with Crippen molar-refractivity contribution in [2.75, 3.05) is 0 Å². The smallest absolute Gasteiger partial charge is 0.445 e. The summed E-state index contributed by atoms with van der Waals surface area (Å²) >= 11 is 0. The summed E-state index contributed by atoms with van der Waals surface area (Å²) in [6.45, 7) is -4.34. The fourth-order valence-corrected chi connectivity index (χ4v) is 2.19.